The SMILES string of the molecule is Cc1nc(CCC(N)CC(C)C)cs1. The van der Waals surface area contributed by atoms with E-state index in [1.165, 1.54) is 5.69 Å². The average molecular weight is 212 g/mol. The number of nitrogens with zero attached hydrogens (tertiary/aromatic N) is 1. The van der Waals surface area contributed by atoms with Gasteiger partial charge in [-0.05, 0) is 32.1 Å². The first-order chi connectivity index (χ1) is 6.58. The monoisotopic (exact) mass is 212 g/mol. The molecule has 14 heavy (non-hydrogen) atoms. The molecule has 0 aliphatic rings. The van der Waals surface area contributed by atoms with Crippen LogP contribution in [0.5, 0.6) is 0 Å². The molecule has 0 saturated carbocycles. The lowest BCUT2D eigenvalue weighted by Gasteiger charge is -2.12. The Kier molecular flexibility index (Phi) is 4.55. The van der Waals surface area contributed by atoms with E-state index in [-0.39, 0.29) is 0 Å². The third kappa shape index (κ3) is 4.20. The Morgan fingerprint density at radius 1 is 1.50 bits per heavy atom. The Labute approximate surface area is 90.6 Å². The summed E-state index contributed by atoms with van der Waals surface area (Å²) >= 11 is 1.72. The van der Waals surface area contributed by atoms with Crippen LogP contribution < -0.4 is 5.73 Å². The van der Waals surface area contributed by atoms with Crippen molar-refractivity contribution in [3.05, 3.63) is 16.1 Å². The second-order valence-corrected chi connectivity index (χ2v) is 5.35. The molecule has 3 heteroatoms. The Balaban J connectivity index is 2.26. The molecule has 2 nitrogen and oxygen atoms in total. The first-order valence-electron chi connectivity index (χ1n) is 5.24. The van der Waals surface area contributed by atoms with Crippen LogP contribution in [0.4, 0.5) is 0 Å². The van der Waals surface area contributed by atoms with Gasteiger partial charge < -0.3 is 5.73 Å². The summed E-state index contributed by atoms with van der Waals surface area (Å²) in [6, 6.07) is 0.331. The fraction of sp³-hybridized carbons (Fsp3) is 0.727. The van der Waals surface area contributed by atoms with E-state index in [4.69, 9.17) is 5.73 Å². The number of nitrogens with two attached hydrogens (primary N) is 1. The predicted octanol–water partition coefficient (Wildman–Crippen LogP) is 2.76. The molecular weight excluding hydrogens is 192 g/mol. The maximum Gasteiger partial charge on any atom is 0.0897 e. The molecule has 0 aromatic carbocycles. The molecule has 80 valence electrons. The third-order valence-corrected chi connectivity index (χ3v) is 3.03. The van der Waals surface area contributed by atoms with Gasteiger partial charge in [-0.2, -0.15) is 0 Å². The number of hydrogen-bond acceptors (Lipinski definition) is 3. The molecule has 0 aliphatic heterocycles. The van der Waals surface area contributed by atoms with Crippen molar-refractivity contribution in [2.75, 3.05) is 0 Å². The lowest BCUT2D eigenvalue weighted by Crippen LogP contribution is -2.22. The summed E-state index contributed by atoms with van der Waals surface area (Å²) in [5.74, 6) is 0.696. The Hall–Kier alpha value is -0.410. The Morgan fingerprint density at radius 2 is 2.21 bits per heavy atom. The van der Waals surface area contributed by atoms with Crippen LogP contribution in [-0.4, -0.2) is 11.0 Å². The number of rotatable bonds is 5. The van der Waals surface area contributed by atoms with E-state index in [1.54, 1.807) is 11.3 Å². The van der Waals surface area contributed by atoms with Gasteiger partial charge in [0.25, 0.3) is 0 Å². The smallest absolute Gasteiger partial charge is 0.0897 e. The lowest BCUT2D eigenvalue weighted by atomic mass is 10.0. The Morgan fingerprint density at radius 3 is 2.71 bits per heavy atom. The third-order valence-electron chi connectivity index (χ3n) is 2.21. The quantitative estimate of drug-likeness (QED) is 0.815. The topological polar surface area (TPSA) is 38.9 Å². The van der Waals surface area contributed by atoms with Crippen molar-refractivity contribution in [3.63, 3.8) is 0 Å². The van der Waals surface area contributed by atoms with Crippen LogP contribution in [0, 0.1) is 12.8 Å². The zero-order valence-electron chi connectivity index (χ0n) is 9.29. The minimum atomic E-state index is 0.331. The summed E-state index contributed by atoms with van der Waals surface area (Å²) in [6.45, 7) is 6.47. The van der Waals surface area contributed by atoms with E-state index in [0.717, 1.165) is 24.3 Å². The molecule has 1 unspecified atom stereocenters. The molecule has 1 aromatic heterocycles. The first-order valence-corrected chi connectivity index (χ1v) is 6.12. The fourth-order valence-electron chi connectivity index (χ4n) is 1.58. The van der Waals surface area contributed by atoms with Gasteiger partial charge in [0.2, 0.25) is 0 Å². The number of hydrogen-bond donors (Lipinski definition) is 1. The van der Waals surface area contributed by atoms with Crippen LogP contribution in [0.1, 0.15) is 37.4 Å². The van der Waals surface area contributed by atoms with Gasteiger partial charge in [-0.3, -0.25) is 0 Å². The number of thiazole rings is 1. The highest BCUT2D eigenvalue weighted by atomic mass is 32.1. The molecule has 1 rings (SSSR count). The van der Waals surface area contributed by atoms with E-state index in [9.17, 15) is 0 Å². The molecule has 0 spiro atoms. The van der Waals surface area contributed by atoms with Gasteiger partial charge in [0.1, 0.15) is 0 Å². The molecule has 0 bridgehead atoms. The second kappa shape index (κ2) is 5.47. The van der Waals surface area contributed by atoms with Crippen molar-refractivity contribution in [1.29, 1.82) is 0 Å². The summed E-state index contributed by atoms with van der Waals surface area (Å²) in [4.78, 5) is 4.42. The van der Waals surface area contributed by atoms with Gasteiger partial charge in [0.05, 0.1) is 10.7 Å². The molecule has 1 atom stereocenters. The first kappa shape index (κ1) is 11.7. The zero-order chi connectivity index (χ0) is 10.6. The molecular formula is C11H20N2S. The summed E-state index contributed by atoms with van der Waals surface area (Å²) < 4.78 is 0. The maximum atomic E-state index is 6.00. The molecule has 0 radical (unpaired) electrons. The molecule has 0 amide bonds. The van der Waals surface area contributed by atoms with Crippen molar-refractivity contribution in [2.45, 2.75) is 46.1 Å². The van der Waals surface area contributed by atoms with Crippen LogP contribution in [0.25, 0.3) is 0 Å². The molecule has 1 aromatic rings. The van der Waals surface area contributed by atoms with Crippen LogP contribution in [0.15, 0.2) is 5.38 Å². The van der Waals surface area contributed by atoms with Gasteiger partial charge in [0, 0.05) is 11.4 Å². The van der Waals surface area contributed by atoms with Crippen molar-refractivity contribution >= 4 is 11.3 Å². The predicted molar refractivity (Wildman–Crippen MR) is 62.6 cm³/mol. The van der Waals surface area contributed by atoms with Gasteiger partial charge in [-0.1, -0.05) is 13.8 Å². The largest absolute Gasteiger partial charge is 0.328 e. The summed E-state index contributed by atoms with van der Waals surface area (Å²) in [7, 11) is 0. The van der Waals surface area contributed by atoms with E-state index >= 15 is 0 Å². The normalized spacial score (nSPS) is 13.5. The van der Waals surface area contributed by atoms with Crippen molar-refractivity contribution < 1.29 is 0 Å². The van der Waals surface area contributed by atoms with E-state index < -0.39 is 0 Å². The van der Waals surface area contributed by atoms with Crippen LogP contribution >= 0.6 is 11.3 Å². The van der Waals surface area contributed by atoms with Gasteiger partial charge in [-0.25, -0.2) is 4.98 Å². The van der Waals surface area contributed by atoms with Crippen molar-refractivity contribution in [3.8, 4) is 0 Å². The van der Waals surface area contributed by atoms with E-state index in [2.05, 4.69) is 24.2 Å². The Bertz CT molecular complexity index is 268. The van der Waals surface area contributed by atoms with Crippen LogP contribution in [-0.2, 0) is 6.42 Å². The highest BCUT2D eigenvalue weighted by Gasteiger charge is 2.06. The molecule has 0 fully saturated rings. The van der Waals surface area contributed by atoms with Crippen molar-refractivity contribution in [1.82, 2.24) is 4.98 Å². The number of aromatic nitrogens is 1. The fourth-order valence-corrected chi connectivity index (χ4v) is 2.23. The molecule has 0 saturated heterocycles. The zero-order valence-corrected chi connectivity index (χ0v) is 10.1. The average Bonchev–Trinajstić information content (AvgIpc) is 2.47. The van der Waals surface area contributed by atoms with Gasteiger partial charge in [0.15, 0.2) is 0 Å². The summed E-state index contributed by atoms with van der Waals surface area (Å²) in [5.41, 5.74) is 7.21. The standard InChI is InChI=1S/C11H20N2S/c1-8(2)6-10(12)4-5-11-7-14-9(3)13-11/h7-8,10H,4-6,12H2,1-3H3. The second-order valence-electron chi connectivity index (χ2n) is 4.29. The van der Waals surface area contributed by atoms with E-state index in [1.807, 2.05) is 6.92 Å². The number of aryl methyl sites for hydroxylation is 2. The highest BCUT2D eigenvalue weighted by Crippen LogP contribution is 2.12. The molecule has 1 heterocycles. The van der Waals surface area contributed by atoms with Gasteiger partial charge in [-0.15, -0.1) is 11.3 Å². The van der Waals surface area contributed by atoms with Crippen LogP contribution in [0.2, 0.25) is 0 Å². The van der Waals surface area contributed by atoms with Gasteiger partial charge >= 0.3 is 0 Å². The minimum Gasteiger partial charge on any atom is -0.328 e. The summed E-state index contributed by atoms with van der Waals surface area (Å²) in [6.07, 6.45) is 3.20. The van der Waals surface area contributed by atoms with E-state index in [0.29, 0.717) is 12.0 Å². The van der Waals surface area contributed by atoms with Crippen LogP contribution in [0.3, 0.4) is 0 Å². The molecule has 2 N–H and O–H groups in total. The summed E-state index contributed by atoms with van der Waals surface area (Å²) in [5, 5.41) is 3.29. The minimum absolute atomic E-state index is 0.331. The molecule has 0 aliphatic carbocycles. The lowest BCUT2D eigenvalue weighted by molar-refractivity contribution is 0.472. The maximum absolute atomic E-state index is 6.00. The highest BCUT2D eigenvalue weighted by molar-refractivity contribution is 7.09. The van der Waals surface area contributed by atoms with Crippen molar-refractivity contribution in [2.24, 2.45) is 11.7 Å².